The van der Waals surface area contributed by atoms with Crippen molar-refractivity contribution in [2.45, 2.75) is 19.4 Å². The first kappa shape index (κ1) is 13.8. The zero-order valence-corrected chi connectivity index (χ0v) is 12.2. The van der Waals surface area contributed by atoms with Gasteiger partial charge in [0.15, 0.2) is 0 Å². The van der Waals surface area contributed by atoms with Gasteiger partial charge in [-0.05, 0) is 24.6 Å². The molecule has 0 amide bonds. The van der Waals surface area contributed by atoms with Crippen LogP contribution in [0.5, 0.6) is 11.5 Å². The van der Waals surface area contributed by atoms with Gasteiger partial charge in [0, 0.05) is 23.9 Å². The Kier molecular flexibility index (Phi) is 4.39. The van der Waals surface area contributed by atoms with Gasteiger partial charge in [0.1, 0.15) is 11.5 Å². The smallest absolute Gasteiger partial charge is 0.122 e. The van der Waals surface area contributed by atoms with E-state index in [4.69, 9.17) is 15.2 Å². The summed E-state index contributed by atoms with van der Waals surface area (Å²) in [5, 5.41) is 3.11. The van der Waals surface area contributed by atoms with E-state index in [1.807, 2.05) is 30.5 Å². The molecule has 2 N–H and O–H groups in total. The first-order valence-electron chi connectivity index (χ1n) is 6.02. The van der Waals surface area contributed by atoms with Crippen LogP contribution >= 0.6 is 11.3 Å². The third-order valence-corrected chi connectivity index (χ3v) is 3.72. The average Bonchev–Trinajstić information content (AvgIpc) is 2.83. The maximum Gasteiger partial charge on any atom is 0.122 e. The van der Waals surface area contributed by atoms with Gasteiger partial charge in [-0.2, -0.15) is 0 Å². The molecule has 1 unspecified atom stereocenters. The number of rotatable bonds is 5. The minimum Gasteiger partial charge on any atom is -0.497 e. The number of methoxy groups -OCH3 is 2. The van der Waals surface area contributed by atoms with Crippen molar-refractivity contribution < 1.29 is 9.47 Å². The standard InChI is InChI=1S/C14H18N2O2S/c1-9-16-11(8-19-9)6-14(15)10-4-12(17-2)7-13(5-10)18-3/h4-5,7-8,14H,6,15H2,1-3H3. The molecule has 19 heavy (non-hydrogen) atoms. The van der Waals surface area contributed by atoms with Gasteiger partial charge in [0.05, 0.1) is 24.9 Å². The van der Waals surface area contributed by atoms with Gasteiger partial charge >= 0.3 is 0 Å². The lowest BCUT2D eigenvalue weighted by Gasteiger charge is -2.13. The van der Waals surface area contributed by atoms with Crippen LogP contribution in [0.4, 0.5) is 0 Å². The maximum absolute atomic E-state index is 6.24. The zero-order chi connectivity index (χ0) is 13.8. The second kappa shape index (κ2) is 6.04. The van der Waals surface area contributed by atoms with E-state index in [1.165, 1.54) is 0 Å². The quantitative estimate of drug-likeness (QED) is 0.913. The molecule has 4 nitrogen and oxygen atoms in total. The van der Waals surface area contributed by atoms with E-state index < -0.39 is 0 Å². The van der Waals surface area contributed by atoms with Crippen LogP contribution in [-0.4, -0.2) is 19.2 Å². The third kappa shape index (κ3) is 3.45. The molecule has 0 bridgehead atoms. The Morgan fingerprint density at radius 1 is 1.21 bits per heavy atom. The van der Waals surface area contributed by atoms with Crippen molar-refractivity contribution in [2.24, 2.45) is 5.73 Å². The van der Waals surface area contributed by atoms with Crippen LogP contribution in [0.15, 0.2) is 23.6 Å². The Labute approximate surface area is 117 Å². The van der Waals surface area contributed by atoms with E-state index in [9.17, 15) is 0 Å². The molecule has 0 fully saturated rings. The number of nitrogens with two attached hydrogens (primary N) is 1. The largest absolute Gasteiger partial charge is 0.497 e. The molecular formula is C14H18N2O2S. The summed E-state index contributed by atoms with van der Waals surface area (Å²) in [5.74, 6) is 1.50. The van der Waals surface area contributed by atoms with Crippen LogP contribution in [-0.2, 0) is 6.42 Å². The van der Waals surface area contributed by atoms with E-state index in [1.54, 1.807) is 25.6 Å². The Balaban J connectivity index is 2.20. The van der Waals surface area contributed by atoms with Crippen molar-refractivity contribution in [2.75, 3.05) is 14.2 Å². The number of hydrogen-bond donors (Lipinski definition) is 1. The van der Waals surface area contributed by atoms with Crippen molar-refractivity contribution in [3.8, 4) is 11.5 Å². The fourth-order valence-electron chi connectivity index (χ4n) is 1.89. The lowest BCUT2D eigenvalue weighted by molar-refractivity contribution is 0.392. The monoisotopic (exact) mass is 278 g/mol. The molecule has 1 atom stereocenters. The predicted octanol–water partition coefficient (Wildman–Crippen LogP) is 2.71. The summed E-state index contributed by atoms with van der Waals surface area (Å²) in [6.45, 7) is 1.99. The number of ether oxygens (including phenoxy) is 2. The number of benzene rings is 1. The number of hydrogen-bond acceptors (Lipinski definition) is 5. The van der Waals surface area contributed by atoms with Gasteiger partial charge in [0.2, 0.25) is 0 Å². The van der Waals surface area contributed by atoms with Gasteiger partial charge in [-0.3, -0.25) is 0 Å². The summed E-state index contributed by atoms with van der Waals surface area (Å²) in [6.07, 6.45) is 0.709. The highest BCUT2D eigenvalue weighted by Gasteiger charge is 2.12. The highest BCUT2D eigenvalue weighted by Crippen LogP contribution is 2.27. The molecule has 1 aromatic heterocycles. The Bertz CT molecular complexity index is 532. The fourth-order valence-corrected chi connectivity index (χ4v) is 2.51. The molecule has 1 aromatic carbocycles. The Morgan fingerprint density at radius 2 is 1.84 bits per heavy atom. The minimum atomic E-state index is -0.120. The van der Waals surface area contributed by atoms with E-state index in [0.29, 0.717) is 6.42 Å². The number of thiazole rings is 1. The van der Waals surface area contributed by atoms with E-state index in [-0.39, 0.29) is 6.04 Å². The molecule has 5 heteroatoms. The maximum atomic E-state index is 6.24. The SMILES string of the molecule is COc1cc(OC)cc(C(N)Cc2csc(C)n2)c1. The molecule has 0 radical (unpaired) electrons. The molecule has 0 saturated heterocycles. The van der Waals surface area contributed by atoms with Crippen molar-refractivity contribution in [1.82, 2.24) is 4.98 Å². The van der Waals surface area contributed by atoms with Crippen molar-refractivity contribution in [1.29, 1.82) is 0 Å². The van der Waals surface area contributed by atoms with E-state index in [2.05, 4.69) is 4.98 Å². The van der Waals surface area contributed by atoms with Crippen LogP contribution < -0.4 is 15.2 Å². The van der Waals surface area contributed by atoms with Crippen LogP contribution in [0.25, 0.3) is 0 Å². The van der Waals surface area contributed by atoms with Crippen LogP contribution in [0.2, 0.25) is 0 Å². The molecule has 0 saturated carbocycles. The number of aryl methyl sites for hydroxylation is 1. The molecular weight excluding hydrogens is 260 g/mol. The molecule has 0 aliphatic carbocycles. The number of aromatic nitrogens is 1. The summed E-state index contributed by atoms with van der Waals surface area (Å²) in [7, 11) is 3.27. The summed E-state index contributed by atoms with van der Waals surface area (Å²) < 4.78 is 10.5. The summed E-state index contributed by atoms with van der Waals surface area (Å²) >= 11 is 1.64. The second-order valence-electron chi connectivity index (χ2n) is 4.31. The van der Waals surface area contributed by atoms with Gasteiger partial charge in [-0.1, -0.05) is 0 Å². The average molecular weight is 278 g/mol. The molecule has 0 spiro atoms. The topological polar surface area (TPSA) is 57.4 Å². The lowest BCUT2D eigenvalue weighted by atomic mass is 10.0. The Morgan fingerprint density at radius 3 is 2.32 bits per heavy atom. The molecule has 2 rings (SSSR count). The minimum absolute atomic E-state index is 0.120. The summed E-state index contributed by atoms with van der Waals surface area (Å²) in [5.41, 5.74) is 8.25. The molecule has 0 aliphatic rings. The third-order valence-electron chi connectivity index (χ3n) is 2.90. The van der Waals surface area contributed by atoms with Gasteiger partial charge in [-0.15, -0.1) is 11.3 Å². The first-order chi connectivity index (χ1) is 9.12. The van der Waals surface area contributed by atoms with Crippen LogP contribution in [0, 0.1) is 6.92 Å². The zero-order valence-electron chi connectivity index (χ0n) is 11.3. The van der Waals surface area contributed by atoms with E-state index in [0.717, 1.165) is 27.8 Å². The van der Waals surface area contributed by atoms with Crippen molar-refractivity contribution in [3.05, 3.63) is 39.8 Å². The van der Waals surface area contributed by atoms with Crippen molar-refractivity contribution >= 4 is 11.3 Å². The van der Waals surface area contributed by atoms with Gasteiger partial charge < -0.3 is 15.2 Å². The van der Waals surface area contributed by atoms with Crippen molar-refractivity contribution in [3.63, 3.8) is 0 Å². The van der Waals surface area contributed by atoms with Gasteiger partial charge in [0.25, 0.3) is 0 Å². The van der Waals surface area contributed by atoms with E-state index >= 15 is 0 Å². The van der Waals surface area contributed by atoms with Gasteiger partial charge in [-0.25, -0.2) is 4.98 Å². The second-order valence-corrected chi connectivity index (χ2v) is 5.38. The van der Waals surface area contributed by atoms with Crippen LogP contribution in [0.3, 0.4) is 0 Å². The summed E-state index contributed by atoms with van der Waals surface area (Å²) in [6, 6.07) is 5.59. The molecule has 2 aromatic rings. The number of nitrogens with zero attached hydrogens (tertiary/aromatic N) is 1. The highest BCUT2D eigenvalue weighted by atomic mass is 32.1. The predicted molar refractivity (Wildman–Crippen MR) is 77.0 cm³/mol. The lowest BCUT2D eigenvalue weighted by Crippen LogP contribution is -2.14. The first-order valence-corrected chi connectivity index (χ1v) is 6.90. The Hall–Kier alpha value is -1.59. The molecule has 1 heterocycles. The fraction of sp³-hybridized carbons (Fsp3) is 0.357. The normalized spacial score (nSPS) is 12.2. The molecule has 102 valence electrons. The highest BCUT2D eigenvalue weighted by molar-refractivity contribution is 7.09. The van der Waals surface area contributed by atoms with Crippen LogP contribution in [0.1, 0.15) is 22.3 Å². The molecule has 0 aliphatic heterocycles. The summed E-state index contributed by atoms with van der Waals surface area (Å²) in [4.78, 5) is 4.44.